The van der Waals surface area contributed by atoms with E-state index in [1.807, 2.05) is 0 Å². The molecule has 1 unspecified atom stereocenters. The predicted octanol–water partition coefficient (Wildman–Crippen LogP) is 3.95. The Morgan fingerprint density at radius 1 is 1.21 bits per heavy atom. The largest absolute Gasteiger partial charge is 0.373 e. The van der Waals surface area contributed by atoms with Gasteiger partial charge in [0.2, 0.25) is 0 Å². The van der Waals surface area contributed by atoms with Crippen LogP contribution in [0.4, 0.5) is 5.82 Å². The highest BCUT2D eigenvalue weighted by atomic mass is 127. The first kappa shape index (κ1) is 16.6. The molecule has 19 heavy (non-hydrogen) atoms. The minimum atomic E-state index is -0.00511. The van der Waals surface area contributed by atoms with Gasteiger partial charge in [0.1, 0.15) is 11.9 Å². The van der Waals surface area contributed by atoms with E-state index in [0.29, 0.717) is 0 Å². The van der Waals surface area contributed by atoms with Gasteiger partial charge in [0.05, 0.1) is 9.26 Å². The Labute approximate surface area is 129 Å². The summed E-state index contributed by atoms with van der Waals surface area (Å²) in [6, 6.07) is 0. The van der Waals surface area contributed by atoms with Crippen molar-refractivity contribution in [3.05, 3.63) is 15.1 Å². The molecule has 0 aromatic carbocycles. The number of nitrogens with one attached hydrogen (secondary N) is 1. The zero-order chi connectivity index (χ0) is 14.3. The fourth-order valence-corrected chi connectivity index (χ4v) is 2.68. The second-order valence-corrected chi connectivity index (χ2v) is 5.56. The summed E-state index contributed by atoms with van der Waals surface area (Å²) < 4.78 is 6.65. The van der Waals surface area contributed by atoms with E-state index in [-0.39, 0.29) is 6.10 Å². The lowest BCUT2D eigenvalue weighted by Gasteiger charge is -2.17. The third kappa shape index (κ3) is 4.56. The SMILES string of the molecule is CCCNc1nc(C(CCC)OC)nc(CC)c1I. The number of rotatable bonds is 8. The van der Waals surface area contributed by atoms with Crippen LogP contribution in [0.25, 0.3) is 0 Å². The monoisotopic (exact) mass is 377 g/mol. The lowest BCUT2D eigenvalue weighted by molar-refractivity contribution is 0.0875. The molecule has 1 heterocycles. The number of halogens is 1. The van der Waals surface area contributed by atoms with Crippen molar-refractivity contribution < 1.29 is 4.74 Å². The second kappa shape index (κ2) is 8.68. The normalized spacial score (nSPS) is 12.5. The molecule has 5 heteroatoms. The van der Waals surface area contributed by atoms with Crippen LogP contribution in [-0.2, 0) is 11.2 Å². The Morgan fingerprint density at radius 2 is 1.95 bits per heavy atom. The van der Waals surface area contributed by atoms with E-state index >= 15 is 0 Å². The third-order valence-corrected chi connectivity index (χ3v) is 4.07. The van der Waals surface area contributed by atoms with Gasteiger partial charge < -0.3 is 10.1 Å². The first-order valence-electron chi connectivity index (χ1n) is 7.00. The van der Waals surface area contributed by atoms with Gasteiger partial charge in [-0.2, -0.15) is 0 Å². The van der Waals surface area contributed by atoms with Gasteiger partial charge in [-0.05, 0) is 41.9 Å². The number of nitrogens with zero attached hydrogens (tertiary/aromatic N) is 2. The minimum Gasteiger partial charge on any atom is -0.373 e. The molecular formula is C14H24IN3O. The number of hydrogen-bond acceptors (Lipinski definition) is 4. The molecule has 0 fully saturated rings. The summed E-state index contributed by atoms with van der Waals surface area (Å²) in [7, 11) is 1.73. The van der Waals surface area contributed by atoms with Gasteiger partial charge in [0.25, 0.3) is 0 Å². The van der Waals surface area contributed by atoms with Gasteiger partial charge in [-0.1, -0.05) is 27.2 Å². The van der Waals surface area contributed by atoms with Crippen LogP contribution in [0.2, 0.25) is 0 Å². The molecule has 0 saturated heterocycles. The van der Waals surface area contributed by atoms with Crippen molar-refractivity contribution in [2.75, 3.05) is 19.0 Å². The summed E-state index contributed by atoms with van der Waals surface area (Å²) in [5, 5.41) is 3.38. The molecule has 0 aliphatic heterocycles. The zero-order valence-electron chi connectivity index (χ0n) is 12.3. The highest BCUT2D eigenvalue weighted by Gasteiger charge is 2.17. The van der Waals surface area contributed by atoms with Crippen LogP contribution in [0.1, 0.15) is 57.7 Å². The summed E-state index contributed by atoms with van der Waals surface area (Å²) in [4.78, 5) is 9.32. The molecule has 0 spiro atoms. The van der Waals surface area contributed by atoms with Crippen LogP contribution in [-0.4, -0.2) is 23.6 Å². The van der Waals surface area contributed by atoms with E-state index in [1.54, 1.807) is 7.11 Å². The maximum atomic E-state index is 5.52. The summed E-state index contributed by atoms with van der Waals surface area (Å²) in [6.45, 7) is 7.36. The number of hydrogen-bond donors (Lipinski definition) is 1. The molecule has 1 N–H and O–H groups in total. The Hall–Kier alpha value is -0.430. The average molecular weight is 377 g/mol. The zero-order valence-corrected chi connectivity index (χ0v) is 14.5. The maximum Gasteiger partial charge on any atom is 0.159 e. The smallest absolute Gasteiger partial charge is 0.159 e. The van der Waals surface area contributed by atoms with Gasteiger partial charge in [-0.15, -0.1) is 0 Å². The van der Waals surface area contributed by atoms with Crippen molar-refractivity contribution in [1.29, 1.82) is 0 Å². The topological polar surface area (TPSA) is 47.0 Å². The van der Waals surface area contributed by atoms with Crippen LogP contribution >= 0.6 is 22.6 Å². The summed E-state index contributed by atoms with van der Waals surface area (Å²) in [5.41, 5.74) is 1.10. The standard InChI is InChI=1S/C14H24IN3O/c1-5-8-11(19-4)13-17-10(7-3)12(15)14(18-13)16-9-6-2/h11H,5-9H2,1-4H3,(H,16,17,18). The molecule has 0 saturated carbocycles. The van der Waals surface area contributed by atoms with Gasteiger partial charge >= 0.3 is 0 Å². The summed E-state index contributed by atoms with van der Waals surface area (Å²) in [5.74, 6) is 1.75. The fraction of sp³-hybridized carbons (Fsp3) is 0.714. The summed E-state index contributed by atoms with van der Waals surface area (Å²) in [6.07, 6.45) is 4.01. The van der Waals surface area contributed by atoms with Crippen molar-refractivity contribution in [2.24, 2.45) is 0 Å². The minimum absolute atomic E-state index is 0.00511. The number of aryl methyl sites for hydroxylation is 1. The van der Waals surface area contributed by atoms with E-state index in [4.69, 9.17) is 4.74 Å². The van der Waals surface area contributed by atoms with Crippen molar-refractivity contribution in [3.8, 4) is 0 Å². The molecule has 1 atom stereocenters. The molecule has 0 aliphatic carbocycles. The lowest BCUT2D eigenvalue weighted by Crippen LogP contribution is -2.14. The fourth-order valence-electron chi connectivity index (χ4n) is 1.87. The molecular weight excluding hydrogens is 353 g/mol. The third-order valence-electron chi connectivity index (χ3n) is 2.94. The van der Waals surface area contributed by atoms with Gasteiger partial charge in [-0.3, -0.25) is 0 Å². The number of ether oxygens (including phenoxy) is 1. The Kier molecular flexibility index (Phi) is 7.60. The number of methoxy groups -OCH3 is 1. The van der Waals surface area contributed by atoms with E-state index in [2.05, 4.69) is 58.6 Å². The Balaban J connectivity index is 3.10. The second-order valence-electron chi connectivity index (χ2n) is 4.48. The van der Waals surface area contributed by atoms with Crippen molar-refractivity contribution in [2.45, 2.75) is 52.6 Å². The van der Waals surface area contributed by atoms with Crippen LogP contribution in [0, 0.1) is 3.57 Å². The van der Waals surface area contributed by atoms with Gasteiger partial charge in [0, 0.05) is 13.7 Å². The van der Waals surface area contributed by atoms with Crippen molar-refractivity contribution in [1.82, 2.24) is 9.97 Å². The van der Waals surface area contributed by atoms with Crippen LogP contribution in [0.3, 0.4) is 0 Å². The molecule has 0 amide bonds. The molecule has 0 aliphatic rings. The van der Waals surface area contributed by atoms with E-state index in [0.717, 1.165) is 53.1 Å². The van der Waals surface area contributed by atoms with Crippen molar-refractivity contribution >= 4 is 28.4 Å². The first-order chi connectivity index (χ1) is 9.17. The van der Waals surface area contributed by atoms with Gasteiger partial charge in [-0.25, -0.2) is 9.97 Å². The van der Waals surface area contributed by atoms with Crippen LogP contribution in [0.15, 0.2) is 0 Å². The quantitative estimate of drug-likeness (QED) is 0.697. The Bertz CT molecular complexity index is 399. The Morgan fingerprint density at radius 3 is 2.47 bits per heavy atom. The predicted molar refractivity (Wildman–Crippen MR) is 87.6 cm³/mol. The molecule has 0 bridgehead atoms. The molecule has 1 aromatic heterocycles. The van der Waals surface area contributed by atoms with Crippen LogP contribution in [0.5, 0.6) is 0 Å². The molecule has 108 valence electrons. The molecule has 1 aromatic rings. The van der Waals surface area contributed by atoms with Gasteiger partial charge in [0.15, 0.2) is 5.82 Å². The number of aromatic nitrogens is 2. The van der Waals surface area contributed by atoms with Crippen molar-refractivity contribution in [3.63, 3.8) is 0 Å². The van der Waals surface area contributed by atoms with Crippen LogP contribution < -0.4 is 5.32 Å². The number of anilines is 1. The summed E-state index contributed by atoms with van der Waals surface area (Å²) >= 11 is 2.33. The molecule has 1 rings (SSSR count). The highest BCUT2D eigenvalue weighted by Crippen LogP contribution is 2.25. The van der Waals surface area contributed by atoms with E-state index in [1.165, 1.54) is 0 Å². The van der Waals surface area contributed by atoms with E-state index in [9.17, 15) is 0 Å². The molecule has 4 nitrogen and oxygen atoms in total. The van der Waals surface area contributed by atoms with E-state index < -0.39 is 0 Å². The highest BCUT2D eigenvalue weighted by molar-refractivity contribution is 14.1. The molecule has 0 radical (unpaired) electrons. The lowest BCUT2D eigenvalue weighted by atomic mass is 10.2. The first-order valence-corrected chi connectivity index (χ1v) is 8.08. The average Bonchev–Trinajstić information content (AvgIpc) is 2.43. The maximum absolute atomic E-state index is 5.52.